The average Bonchev–Trinajstić information content (AvgIpc) is 3.43. The Morgan fingerprint density at radius 1 is 1.03 bits per heavy atom. The lowest BCUT2D eigenvalue weighted by atomic mass is 10.1. The summed E-state index contributed by atoms with van der Waals surface area (Å²) in [4.78, 5) is 41.2. The smallest absolute Gasteiger partial charge is 0.264 e. The maximum absolute atomic E-state index is 12.9. The molecule has 0 unspecified atom stereocenters. The van der Waals surface area contributed by atoms with E-state index in [-0.39, 0.29) is 24.3 Å². The minimum Gasteiger partial charge on any atom is -0.332 e. The second-order valence-corrected chi connectivity index (χ2v) is 8.05. The summed E-state index contributed by atoms with van der Waals surface area (Å²) in [6.45, 7) is 0.614. The quantitative estimate of drug-likeness (QED) is 0.686. The van der Waals surface area contributed by atoms with E-state index in [0.29, 0.717) is 22.7 Å². The van der Waals surface area contributed by atoms with E-state index >= 15 is 0 Å². The summed E-state index contributed by atoms with van der Waals surface area (Å²) in [7, 11) is 1.59. The standard InChI is InChI=1S/C23H21N3O3S/c1-25(23(29)20-7-4-14-30-20)15-21(27)24-18-10-8-17(9-11-18)22(28)26-13-12-16-5-2-3-6-19(16)26/h2-11,14H,12-13,15H2,1H3,(H,24,27). The summed E-state index contributed by atoms with van der Waals surface area (Å²) in [5.41, 5.74) is 3.28. The second-order valence-electron chi connectivity index (χ2n) is 7.10. The molecule has 7 heteroatoms. The molecule has 0 saturated heterocycles. The number of para-hydroxylation sites is 1. The van der Waals surface area contributed by atoms with Crippen LogP contribution in [0.2, 0.25) is 0 Å². The van der Waals surface area contributed by atoms with Crippen LogP contribution in [-0.2, 0) is 11.2 Å². The number of likely N-dealkylation sites (N-methyl/N-ethyl adjacent to an activating group) is 1. The van der Waals surface area contributed by atoms with Crippen molar-refractivity contribution in [1.82, 2.24) is 4.90 Å². The molecule has 1 aliphatic heterocycles. The van der Waals surface area contributed by atoms with Crippen LogP contribution in [0.5, 0.6) is 0 Å². The van der Waals surface area contributed by atoms with Crippen molar-refractivity contribution in [3.63, 3.8) is 0 Å². The number of nitrogens with one attached hydrogen (secondary N) is 1. The van der Waals surface area contributed by atoms with Gasteiger partial charge in [0.2, 0.25) is 5.91 Å². The minimum absolute atomic E-state index is 0.0536. The molecule has 1 aliphatic rings. The number of nitrogens with zero attached hydrogens (tertiary/aromatic N) is 2. The van der Waals surface area contributed by atoms with E-state index in [0.717, 1.165) is 12.1 Å². The fraction of sp³-hybridized carbons (Fsp3) is 0.174. The van der Waals surface area contributed by atoms with Gasteiger partial charge in [0.05, 0.1) is 11.4 Å². The summed E-state index contributed by atoms with van der Waals surface area (Å²) in [6, 6.07) is 18.3. The van der Waals surface area contributed by atoms with Gasteiger partial charge < -0.3 is 15.1 Å². The third-order valence-electron chi connectivity index (χ3n) is 5.01. The first-order valence-electron chi connectivity index (χ1n) is 9.61. The van der Waals surface area contributed by atoms with Gasteiger partial charge in [-0.1, -0.05) is 24.3 Å². The molecule has 0 radical (unpaired) electrons. The van der Waals surface area contributed by atoms with Gasteiger partial charge in [-0.3, -0.25) is 14.4 Å². The van der Waals surface area contributed by atoms with Crippen LogP contribution in [0.1, 0.15) is 25.6 Å². The highest BCUT2D eigenvalue weighted by molar-refractivity contribution is 7.12. The van der Waals surface area contributed by atoms with E-state index in [1.165, 1.54) is 21.8 Å². The van der Waals surface area contributed by atoms with Crippen LogP contribution < -0.4 is 10.2 Å². The summed E-state index contributed by atoms with van der Waals surface area (Å²) in [5, 5.41) is 4.59. The van der Waals surface area contributed by atoms with Gasteiger partial charge in [0.1, 0.15) is 0 Å². The van der Waals surface area contributed by atoms with Crippen molar-refractivity contribution in [3.8, 4) is 0 Å². The van der Waals surface area contributed by atoms with Crippen molar-refractivity contribution in [2.24, 2.45) is 0 Å². The lowest BCUT2D eigenvalue weighted by Crippen LogP contribution is -2.34. The summed E-state index contributed by atoms with van der Waals surface area (Å²) < 4.78 is 0. The van der Waals surface area contributed by atoms with Gasteiger partial charge in [-0.2, -0.15) is 0 Å². The molecule has 0 saturated carbocycles. The average molecular weight is 420 g/mol. The number of benzene rings is 2. The number of rotatable bonds is 5. The Morgan fingerprint density at radius 3 is 2.53 bits per heavy atom. The van der Waals surface area contributed by atoms with Crippen LogP contribution in [0.25, 0.3) is 0 Å². The van der Waals surface area contributed by atoms with Crippen LogP contribution in [0.15, 0.2) is 66.0 Å². The van der Waals surface area contributed by atoms with Crippen molar-refractivity contribution >= 4 is 40.4 Å². The van der Waals surface area contributed by atoms with Crippen LogP contribution in [0.4, 0.5) is 11.4 Å². The number of thiophene rings is 1. The number of carbonyl (C=O) groups is 3. The van der Waals surface area contributed by atoms with Gasteiger partial charge in [-0.25, -0.2) is 0 Å². The molecule has 2 aromatic carbocycles. The van der Waals surface area contributed by atoms with Crippen LogP contribution in [-0.4, -0.2) is 42.8 Å². The number of hydrogen-bond acceptors (Lipinski definition) is 4. The fourth-order valence-electron chi connectivity index (χ4n) is 3.48. The molecule has 6 nitrogen and oxygen atoms in total. The minimum atomic E-state index is -0.296. The van der Waals surface area contributed by atoms with E-state index in [2.05, 4.69) is 5.32 Å². The first-order chi connectivity index (χ1) is 14.5. The monoisotopic (exact) mass is 419 g/mol. The molecule has 30 heavy (non-hydrogen) atoms. The van der Waals surface area contributed by atoms with Gasteiger partial charge in [-0.05, 0) is 53.8 Å². The summed E-state index contributed by atoms with van der Waals surface area (Å²) in [6.07, 6.45) is 0.855. The molecule has 4 rings (SSSR count). The highest BCUT2D eigenvalue weighted by Gasteiger charge is 2.25. The third kappa shape index (κ3) is 4.11. The lowest BCUT2D eigenvalue weighted by molar-refractivity contribution is -0.116. The molecule has 152 valence electrons. The van der Waals surface area contributed by atoms with Crippen LogP contribution in [0, 0.1) is 0 Å². The highest BCUT2D eigenvalue weighted by atomic mass is 32.1. The van der Waals surface area contributed by atoms with E-state index in [1.54, 1.807) is 48.3 Å². The maximum atomic E-state index is 12.9. The number of fused-ring (bicyclic) bond motifs is 1. The number of hydrogen-bond donors (Lipinski definition) is 1. The second kappa shape index (κ2) is 8.51. The zero-order valence-corrected chi connectivity index (χ0v) is 17.3. The molecular weight excluding hydrogens is 398 g/mol. The molecule has 0 spiro atoms. The number of anilines is 2. The van der Waals surface area contributed by atoms with Gasteiger partial charge in [0, 0.05) is 30.5 Å². The normalized spacial score (nSPS) is 12.4. The predicted molar refractivity (Wildman–Crippen MR) is 118 cm³/mol. The van der Waals surface area contributed by atoms with E-state index in [1.807, 2.05) is 29.6 Å². The molecule has 3 aromatic rings. The van der Waals surface area contributed by atoms with Crippen LogP contribution in [0.3, 0.4) is 0 Å². The molecular formula is C23H21N3O3S. The molecule has 1 N–H and O–H groups in total. The molecule has 2 heterocycles. The topological polar surface area (TPSA) is 69.7 Å². The van der Waals surface area contributed by atoms with Gasteiger partial charge >= 0.3 is 0 Å². The number of amides is 3. The van der Waals surface area contributed by atoms with Crippen molar-refractivity contribution < 1.29 is 14.4 Å². The van der Waals surface area contributed by atoms with Crippen molar-refractivity contribution in [2.45, 2.75) is 6.42 Å². The largest absolute Gasteiger partial charge is 0.332 e. The molecule has 0 bridgehead atoms. The van der Waals surface area contributed by atoms with E-state index < -0.39 is 0 Å². The predicted octanol–water partition coefficient (Wildman–Crippen LogP) is 3.66. The van der Waals surface area contributed by atoms with Crippen molar-refractivity contribution in [1.29, 1.82) is 0 Å². The molecule has 0 aliphatic carbocycles. The summed E-state index contributed by atoms with van der Waals surface area (Å²) in [5.74, 6) is -0.541. The zero-order valence-electron chi connectivity index (χ0n) is 16.5. The van der Waals surface area contributed by atoms with Crippen molar-refractivity contribution in [2.75, 3.05) is 30.4 Å². The Labute approximate surface area is 178 Å². The lowest BCUT2D eigenvalue weighted by Gasteiger charge is -2.18. The highest BCUT2D eigenvalue weighted by Crippen LogP contribution is 2.29. The fourth-order valence-corrected chi connectivity index (χ4v) is 4.19. The Hall–Kier alpha value is -3.45. The molecule has 0 fully saturated rings. The Kier molecular flexibility index (Phi) is 5.63. The van der Waals surface area contributed by atoms with E-state index in [9.17, 15) is 14.4 Å². The van der Waals surface area contributed by atoms with Gasteiger partial charge in [-0.15, -0.1) is 11.3 Å². The van der Waals surface area contributed by atoms with Gasteiger partial charge in [0.15, 0.2) is 0 Å². The summed E-state index contributed by atoms with van der Waals surface area (Å²) >= 11 is 1.34. The zero-order chi connectivity index (χ0) is 21.1. The Morgan fingerprint density at radius 2 is 1.80 bits per heavy atom. The molecule has 1 aromatic heterocycles. The first-order valence-corrected chi connectivity index (χ1v) is 10.5. The van der Waals surface area contributed by atoms with Gasteiger partial charge in [0.25, 0.3) is 11.8 Å². The maximum Gasteiger partial charge on any atom is 0.264 e. The molecule has 3 amide bonds. The Bertz CT molecular complexity index is 1080. The van der Waals surface area contributed by atoms with E-state index in [4.69, 9.17) is 0 Å². The van der Waals surface area contributed by atoms with Crippen LogP contribution >= 0.6 is 11.3 Å². The number of carbonyl (C=O) groups excluding carboxylic acids is 3. The first kappa shape index (κ1) is 19.8. The molecule has 0 atom stereocenters. The SMILES string of the molecule is CN(CC(=O)Nc1ccc(C(=O)N2CCc3ccccc32)cc1)C(=O)c1cccs1. The van der Waals surface area contributed by atoms with Crippen molar-refractivity contribution in [3.05, 3.63) is 82.0 Å². The third-order valence-corrected chi connectivity index (χ3v) is 5.87. The Balaban J connectivity index is 1.36.